The van der Waals surface area contributed by atoms with E-state index in [4.69, 9.17) is 0 Å². The van der Waals surface area contributed by atoms with Gasteiger partial charge in [-0.1, -0.05) is 26.7 Å². The summed E-state index contributed by atoms with van der Waals surface area (Å²) in [4.78, 5) is 0. The zero-order chi connectivity index (χ0) is 7.41. The minimum atomic E-state index is 1.32. The van der Waals surface area contributed by atoms with Gasteiger partial charge in [0.15, 0.2) is 0 Å². The SMILES string of the molecule is C=C.CCCC.PP. The third-order valence-electron chi connectivity index (χ3n) is 0.500. The van der Waals surface area contributed by atoms with E-state index in [1.165, 1.54) is 12.8 Å². The van der Waals surface area contributed by atoms with Gasteiger partial charge in [0.1, 0.15) is 0 Å². The molecular weight excluding hydrogens is 134 g/mol. The molecule has 0 aromatic heterocycles. The Balaban J connectivity index is -0.0000000542. The lowest BCUT2D eigenvalue weighted by atomic mass is 10.4. The molecular formula is C6H18P2. The van der Waals surface area contributed by atoms with Gasteiger partial charge in [-0.25, -0.2) is 0 Å². The van der Waals surface area contributed by atoms with E-state index in [9.17, 15) is 0 Å². The van der Waals surface area contributed by atoms with E-state index in [2.05, 4.69) is 44.9 Å². The molecule has 0 aromatic carbocycles. The molecule has 0 bridgehead atoms. The van der Waals surface area contributed by atoms with Crippen molar-refractivity contribution in [1.29, 1.82) is 0 Å². The summed E-state index contributed by atoms with van der Waals surface area (Å²) < 4.78 is 0. The van der Waals surface area contributed by atoms with Gasteiger partial charge in [0, 0.05) is 0 Å². The van der Waals surface area contributed by atoms with Gasteiger partial charge in [-0.05, 0) is 0 Å². The van der Waals surface area contributed by atoms with Gasteiger partial charge in [0.05, 0.1) is 0 Å². The second kappa shape index (κ2) is 49.0. The fraction of sp³-hybridized carbons (Fsp3) is 0.667. The van der Waals surface area contributed by atoms with Crippen LogP contribution in [0.5, 0.6) is 0 Å². The van der Waals surface area contributed by atoms with Crippen molar-refractivity contribution in [3.8, 4) is 0 Å². The van der Waals surface area contributed by atoms with Crippen molar-refractivity contribution in [1.82, 2.24) is 0 Å². The van der Waals surface area contributed by atoms with Gasteiger partial charge < -0.3 is 0 Å². The van der Waals surface area contributed by atoms with Gasteiger partial charge in [-0.3, -0.25) is 0 Å². The first-order valence-corrected chi connectivity index (χ1v) is 5.41. The molecule has 2 heteroatoms. The number of hydrogen-bond donors (Lipinski definition) is 0. The Labute approximate surface area is 58.4 Å². The van der Waals surface area contributed by atoms with E-state index in [1.807, 2.05) is 0 Å². The zero-order valence-electron chi connectivity index (χ0n) is 5.98. The molecule has 52 valence electrons. The van der Waals surface area contributed by atoms with Crippen LogP contribution >= 0.6 is 17.9 Å². The Bertz CT molecular complexity index is 14.0. The third-order valence-corrected chi connectivity index (χ3v) is 0.500. The molecule has 0 aliphatic carbocycles. The average molecular weight is 152 g/mol. The predicted octanol–water partition coefficient (Wildman–Crippen LogP) is 3.26. The highest BCUT2D eigenvalue weighted by Gasteiger charge is 1.56. The summed E-state index contributed by atoms with van der Waals surface area (Å²) in [5, 5.41) is 0. The first-order valence-electron chi connectivity index (χ1n) is 2.75. The summed E-state index contributed by atoms with van der Waals surface area (Å²) >= 11 is 0. The molecule has 0 amide bonds. The Hall–Kier alpha value is 0.600. The first kappa shape index (κ1) is 15.8. The Morgan fingerprint density at radius 1 is 1.00 bits per heavy atom. The van der Waals surface area contributed by atoms with Crippen molar-refractivity contribution < 1.29 is 0 Å². The Morgan fingerprint density at radius 2 is 1.12 bits per heavy atom. The second-order valence-electron chi connectivity index (χ2n) is 1.000. The summed E-state index contributed by atoms with van der Waals surface area (Å²) in [6, 6.07) is 0. The summed E-state index contributed by atoms with van der Waals surface area (Å²) in [5.74, 6) is 0. The normalized spacial score (nSPS) is 5.00. The summed E-state index contributed by atoms with van der Waals surface area (Å²) in [6.45, 7) is 10.4. The van der Waals surface area contributed by atoms with Crippen LogP contribution < -0.4 is 0 Å². The lowest BCUT2D eigenvalue weighted by Crippen LogP contribution is -1.47. The van der Waals surface area contributed by atoms with Crippen molar-refractivity contribution in [2.45, 2.75) is 26.7 Å². The largest absolute Gasteiger partial charge is 0.118 e. The third kappa shape index (κ3) is 80.8. The molecule has 2 atom stereocenters. The van der Waals surface area contributed by atoms with Crippen molar-refractivity contribution in [3.63, 3.8) is 0 Å². The van der Waals surface area contributed by atoms with Crippen LogP contribution in [0.3, 0.4) is 0 Å². The van der Waals surface area contributed by atoms with Gasteiger partial charge >= 0.3 is 0 Å². The molecule has 0 aromatic rings. The van der Waals surface area contributed by atoms with E-state index in [0.29, 0.717) is 0 Å². The fourth-order valence-corrected chi connectivity index (χ4v) is 0. The minimum absolute atomic E-state index is 1.32. The quantitative estimate of drug-likeness (QED) is 0.399. The average Bonchev–Trinajstić information content (AvgIpc) is 1.96. The highest BCUT2D eigenvalue weighted by atomic mass is 32.0. The predicted molar refractivity (Wildman–Crippen MR) is 51.3 cm³/mol. The van der Waals surface area contributed by atoms with Gasteiger partial charge in [0.2, 0.25) is 0 Å². The minimum Gasteiger partial charge on any atom is -0.118 e. The van der Waals surface area contributed by atoms with E-state index < -0.39 is 0 Å². The molecule has 0 saturated carbocycles. The van der Waals surface area contributed by atoms with Crippen molar-refractivity contribution in [3.05, 3.63) is 13.2 Å². The topological polar surface area (TPSA) is 0 Å². The number of unbranched alkanes of at least 4 members (excludes halogenated alkanes) is 1. The maximum absolute atomic E-state index is 3.00. The monoisotopic (exact) mass is 152 g/mol. The van der Waals surface area contributed by atoms with Crippen LogP contribution in [-0.2, 0) is 0 Å². The van der Waals surface area contributed by atoms with Crippen molar-refractivity contribution in [2.24, 2.45) is 0 Å². The molecule has 0 saturated heterocycles. The lowest BCUT2D eigenvalue weighted by Gasteiger charge is -1.68. The van der Waals surface area contributed by atoms with Crippen LogP contribution in [-0.4, -0.2) is 0 Å². The molecule has 0 fully saturated rings. The number of rotatable bonds is 1. The molecule has 0 aliphatic heterocycles. The summed E-state index contributed by atoms with van der Waals surface area (Å²) in [7, 11) is 4.67. The van der Waals surface area contributed by atoms with E-state index in [0.717, 1.165) is 0 Å². The molecule has 2 unspecified atom stereocenters. The second-order valence-corrected chi connectivity index (χ2v) is 1.000. The van der Waals surface area contributed by atoms with E-state index in [1.54, 1.807) is 0 Å². The molecule has 0 N–H and O–H groups in total. The lowest BCUT2D eigenvalue weighted by molar-refractivity contribution is 0.886. The first-order chi connectivity index (χ1) is 3.91. The van der Waals surface area contributed by atoms with Crippen LogP contribution in [0, 0.1) is 0 Å². The van der Waals surface area contributed by atoms with E-state index in [-0.39, 0.29) is 0 Å². The molecule has 0 aliphatic rings. The van der Waals surface area contributed by atoms with Crippen LogP contribution in [0.15, 0.2) is 13.2 Å². The van der Waals surface area contributed by atoms with Crippen LogP contribution in [0.4, 0.5) is 0 Å². The van der Waals surface area contributed by atoms with Crippen LogP contribution in [0.1, 0.15) is 26.7 Å². The Morgan fingerprint density at radius 3 is 1.12 bits per heavy atom. The van der Waals surface area contributed by atoms with Gasteiger partial charge in [-0.2, -0.15) is 0 Å². The smallest absolute Gasteiger partial charge is 0.0564 e. The highest BCUT2D eigenvalue weighted by molar-refractivity contribution is 7.92. The Kier molecular flexibility index (Phi) is 97.0. The fourth-order valence-electron chi connectivity index (χ4n) is 0. The maximum Gasteiger partial charge on any atom is -0.0564 e. The van der Waals surface area contributed by atoms with Crippen LogP contribution in [0.25, 0.3) is 0 Å². The zero-order valence-corrected chi connectivity index (χ0v) is 8.29. The van der Waals surface area contributed by atoms with Crippen molar-refractivity contribution >= 4 is 17.9 Å². The molecule has 0 heterocycles. The summed E-state index contributed by atoms with van der Waals surface area (Å²) in [6.07, 6.45) is 2.64. The standard InChI is InChI=1S/C4H10.C2H4.H4P2/c1-3-4-2;2*1-2/h3-4H2,1-2H3;2*1-2H2. The van der Waals surface area contributed by atoms with E-state index >= 15 is 0 Å². The van der Waals surface area contributed by atoms with Crippen LogP contribution in [0.2, 0.25) is 0 Å². The molecule has 0 spiro atoms. The molecule has 0 rings (SSSR count). The summed E-state index contributed by atoms with van der Waals surface area (Å²) in [5.41, 5.74) is 0. The number of hydrogen-bond acceptors (Lipinski definition) is 0. The molecule has 0 radical (unpaired) electrons. The molecule has 0 nitrogen and oxygen atoms in total. The van der Waals surface area contributed by atoms with Gasteiger partial charge in [-0.15, -0.1) is 31.0 Å². The van der Waals surface area contributed by atoms with Gasteiger partial charge in [0.25, 0.3) is 0 Å². The maximum atomic E-state index is 3.00. The molecule has 8 heavy (non-hydrogen) atoms. The highest BCUT2D eigenvalue weighted by Crippen LogP contribution is 1.86. The van der Waals surface area contributed by atoms with Crippen molar-refractivity contribution in [2.75, 3.05) is 0 Å².